The van der Waals surface area contributed by atoms with Gasteiger partial charge in [-0.15, -0.1) is 11.8 Å². The van der Waals surface area contributed by atoms with Crippen LogP contribution in [-0.4, -0.2) is 23.6 Å². The van der Waals surface area contributed by atoms with Crippen LogP contribution in [0.4, 0.5) is 5.69 Å². The van der Waals surface area contributed by atoms with Crippen molar-refractivity contribution >= 4 is 29.3 Å². The molecule has 19 heavy (non-hydrogen) atoms. The van der Waals surface area contributed by atoms with Crippen LogP contribution in [0.2, 0.25) is 0 Å². The number of carbonyl (C=O) groups is 2. The minimum atomic E-state index is -0.0637. The van der Waals surface area contributed by atoms with Gasteiger partial charge in [-0.2, -0.15) is 0 Å². The van der Waals surface area contributed by atoms with Gasteiger partial charge in [0.15, 0.2) is 0 Å². The fraction of sp³-hybridized carbons (Fsp3) is 0.429. The van der Waals surface area contributed by atoms with Gasteiger partial charge in [-0.1, -0.05) is 13.0 Å². The SMILES string of the molecule is CCCNC(=O)Cc1ccc2c(c1)NC(=O)C(C)S2. The van der Waals surface area contributed by atoms with Crippen molar-refractivity contribution in [1.29, 1.82) is 0 Å². The van der Waals surface area contributed by atoms with Gasteiger partial charge >= 0.3 is 0 Å². The molecule has 2 amide bonds. The molecule has 0 aromatic heterocycles. The van der Waals surface area contributed by atoms with Crippen LogP contribution in [0.25, 0.3) is 0 Å². The Balaban J connectivity index is 2.07. The first-order valence-corrected chi connectivity index (χ1v) is 7.35. The third kappa shape index (κ3) is 3.50. The fourth-order valence-corrected chi connectivity index (χ4v) is 2.81. The van der Waals surface area contributed by atoms with Crippen molar-refractivity contribution in [1.82, 2.24) is 5.32 Å². The second-order valence-corrected chi connectivity index (χ2v) is 5.99. The van der Waals surface area contributed by atoms with E-state index in [2.05, 4.69) is 10.6 Å². The summed E-state index contributed by atoms with van der Waals surface area (Å²) in [5.74, 6) is 0.0371. The molecule has 0 spiro atoms. The molecule has 0 saturated carbocycles. The maximum atomic E-state index is 11.7. The molecule has 2 rings (SSSR count). The van der Waals surface area contributed by atoms with Gasteiger partial charge in [0.25, 0.3) is 0 Å². The minimum absolute atomic E-state index is 0.0185. The van der Waals surface area contributed by atoms with E-state index >= 15 is 0 Å². The zero-order valence-electron chi connectivity index (χ0n) is 11.2. The number of amides is 2. The van der Waals surface area contributed by atoms with Crippen LogP contribution in [0, 0.1) is 0 Å². The van der Waals surface area contributed by atoms with Crippen molar-refractivity contribution in [2.24, 2.45) is 0 Å². The monoisotopic (exact) mass is 278 g/mol. The van der Waals surface area contributed by atoms with E-state index in [0.29, 0.717) is 13.0 Å². The van der Waals surface area contributed by atoms with E-state index in [-0.39, 0.29) is 17.1 Å². The second kappa shape index (κ2) is 6.10. The van der Waals surface area contributed by atoms with Crippen molar-refractivity contribution in [3.63, 3.8) is 0 Å². The standard InChI is InChI=1S/C14H18N2O2S/c1-3-6-15-13(17)8-10-4-5-12-11(7-10)16-14(18)9(2)19-12/h4-5,7,9H,3,6,8H2,1-2H3,(H,15,17)(H,16,18). The molecular weight excluding hydrogens is 260 g/mol. The lowest BCUT2D eigenvalue weighted by molar-refractivity contribution is -0.120. The summed E-state index contributed by atoms with van der Waals surface area (Å²) in [6.07, 6.45) is 1.28. The molecule has 1 aliphatic heterocycles. The molecule has 1 aromatic carbocycles. The Labute approximate surface area is 117 Å². The number of hydrogen-bond acceptors (Lipinski definition) is 3. The Morgan fingerprint density at radius 3 is 3.00 bits per heavy atom. The van der Waals surface area contributed by atoms with Gasteiger partial charge in [-0.3, -0.25) is 9.59 Å². The van der Waals surface area contributed by atoms with E-state index in [9.17, 15) is 9.59 Å². The van der Waals surface area contributed by atoms with Gasteiger partial charge in [0.05, 0.1) is 17.4 Å². The Morgan fingerprint density at radius 2 is 2.26 bits per heavy atom. The third-order valence-corrected chi connectivity index (χ3v) is 4.09. The smallest absolute Gasteiger partial charge is 0.237 e. The first-order chi connectivity index (χ1) is 9.10. The maximum Gasteiger partial charge on any atom is 0.237 e. The summed E-state index contributed by atoms with van der Waals surface area (Å²) in [5, 5.41) is 5.66. The summed E-state index contributed by atoms with van der Waals surface area (Å²) in [7, 11) is 0. The lowest BCUT2D eigenvalue weighted by Crippen LogP contribution is -2.27. The molecule has 0 bridgehead atoms. The van der Waals surface area contributed by atoms with Crippen LogP contribution < -0.4 is 10.6 Å². The highest BCUT2D eigenvalue weighted by molar-refractivity contribution is 8.00. The second-order valence-electron chi connectivity index (χ2n) is 4.61. The van der Waals surface area contributed by atoms with Gasteiger partial charge in [-0.25, -0.2) is 0 Å². The summed E-state index contributed by atoms with van der Waals surface area (Å²) in [4.78, 5) is 24.3. The highest BCUT2D eigenvalue weighted by atomic mass is 32.2. The Kier molecular flexibility index (Phi) is 4.47. The summed E-state index contributed by atoms with van der Waals surface area (Å²) in [6.45, 7) is 4.61. The molecule has 0 radical (unpaired) electrons. The maximum absolute atomic E-state index is 11.7. The minimum Gasteiger partial charge on any atom is -0.356 e. The lowest BCUT2D eigenvalue weighted by Gasteiger charge is -2.21. The summed E-state index contributed by atoms with van der Waals surface area (Å²) in [6, 6.07) is 5.80. The van der Waals surface area contributed by atoms with Crippen molar-refractivity contribution < 1.29 is 9.59 Å². The summed E-state index contributed by atoms with van der Waals surface area (Å²) >= 11 is 1.55. The van der Waals surface area contributed by atoms with E-state index in [0.717, 1.165) is 22.6 Å². The first-order valence-electron chi connectivity index (χ1n) is 6.47. The Bertz CT molecular complexity index is 502. The highest BCUT2D eigenvalue weighted by Crippen LogP contribution is 2.35. The Hall–Kier alpha value is -1.49. The molecule has 1 aromatic rings. The number of nitrogens with one attached hydrogen (secondary N) is 2. The molecule has 0 aliphatic carbocycles. The van der Waals surface area contributed by atoms with Crippen molar-refractivity contribution in [3.05, 3.63) is 23.8 Å². The van der Waals surface area contributed by atoms with Gasteiger partial charge < -0.3 is 10.6 Å². The van der Waals surface area contributed by atoms with Crippen LogP contribution in [0.3, 0.4) is 0 Å². The first kappa shape index (κ1) is 13.9. The largest absolute Gasteiger partial charge is 0.356 e. The van der Waals surface area contributed by atoms with E-state index in [4.69, 9.17) is 0 Å². The number of hydrogen-bond donors (Lipinski definition) is 2. The molecular formula is C14H18N2O2S. The number of fused-ring (bicyclic) bond motifs is 1. The summed E-state index contributed by atoms with van der Waals surface area (Å²) < 4.78 is 0. The van der Waals surface area contributed by atoms with Crippen molar-refractivity contribution in [2.45, 2.75) is 36.8 Å². The quantitative estimate of drug-likeness (QED) is 0.887. The van der Waals surface area contributed by atoms with E-state index < -0.39 is 0 Å². The van der Waals surface area contributed by atoms with Crippen molar-refractivity contribution in [3.8, 4) is 0 Å². The predicted octanol–water partition coefficient (Wildman–Crippen LogP) is 2.19. The topological polar surface area (TPSA) is 58.2 Å². The molecule has 4 nitrogen and oxygen atoms in total. The predicted molar refractivity (Wildman–Crippen MR) is 77.4 cm³/mol. The normalized spacial score (nSPS) is 17.6. The zero-order valence-corrected chi connectivity index (χ0v) is 12.0. The zero-order chi connectivity index (χ0) is 13.8. The molecule has 5 heteroatoms. The summed E-state index contributed by atoms with van der Waals surface area (Å²) in [5.41, 5.74) is 1.73. The van der Waals surface area contributed by atoms with E-state index in [1.807, 2.05) is 32.0 Å². The fourth-order valence-electron chi connectivity index (χ4n) is 1.88. The van der Waals surface area contributed by atoms with Crippen LogP contribution in [-0.2, 0) is 16.0 Å². The average molecular weight is 278 g/mol. The van der Waals surface area contributed by atoms with Gasteiger partial charge in [0.1, 0.15) is 0 Å². The van der Waals surface area contributed by atoms with Crippen molar-refractivity contribution in [2.75, 3.05) is 11.9 Å². The number of anilines is 1. The number of rotatable bonds is 4. The average Bonchev–Trinajstić information content (AvgIpc) is 2.38. The number of carbonyl (C=O) groups excluding carboxylic acids is 2. The highest BCUT2D eigenvalue weighted by Gasteiger charge is 2.23. The van der Waals surface area contributed by atoms with Crippen LogP contribution in [0.5, 0.6) is 0 Å². The molecule has 0 fully saturated rings. The molecule has 1 heterocycles. The molecule has 0 saturated heterocycles. The van der Waals surface area contributed by atoms with Gasteiger partial charge in [-0.05, 0) is 31.0 Å². The third-order valence-electron chi connectivity index (χ3n) is 2.91. The number of benzene rings is 1. The number of thioether (sulfide) groups is 1. The van der Waals surface area contributed by atoms with E-state index in [1.54, 1.807) is 11.8 Å². The Morgan fingerprint density at radius 1 is 1.47 bits per heavy atom. The van der Waals surface area contributed by atoms with E-state index in [1.165, 1.54) is 0 Å². The molecule has 1 aliphatic rings. The van der Waals surface area contributed by atoms with Crippen LogP contribution in [0.15, 0.2) is 23.1 Å². The molecule has 102 valence electrons. The van der Waals surface area contributed by atoms with Crippen LogP contribution >= 0.6 is 11.8 Å². The van der Waals surface area contributed by atoms with Gasteiger partial charge in [0.2, 0.25) is 11.8 Å². The lowest BCUT2D eigenvalue weighted by atomic mass is 10.1. The molecule has 1 atom stereocenters. The molecule has 1 unspecified atom stereocenters. The van der Waals surface area contributed by atoms with Gasteiger partial charge in [0, 0.05) is 11.4 Å². The molecule has 2 N–H and O–H groups in total. The van der Waals surface area contributed by atoms with Crippen LogP contribution in [0.1, 0.15) is 25.8 Å².